The summed E-state index contributed by atoms with van der Waals surface area (Å²) in [5, 5.41) is 44.3. The highest BCUT2D eigenvalue weighted by molar-refractivity contribution is 5.95. The van der Waals surface area contributed by atoms with Gasteiger partial charge in [0, 0.05) is 6.42 Å². The van der Waals surface area contributed by atoms with E-state index >= 15 is 0 Å². The molecule has 0 aromatic heterocycles. The van der Waals surface area contributed by atoms with Crippen LogP contribution in [0.2, 0.25) is 0 Å². The van der Waals surface area contributed by atoms with Gasteiger partial charge in [-0.25, -0.2) is 0 Å². The molecule has 4 amide bonds. The Morgan fingerprint density at radius 1 is 0.743 bits per heavy atom. The van der Waals surface area contributed by atoms with E-state index in [1.165, 1.54) is 13.8 Å². The monoisotopic (exact) mass is 505 g/mol. The summed E-state index contributed by atoms with van der Waals surface area (Å²) in [6.45, 7) is 1.36. The molecule has 0 bridgehead atoms. The first-order chi connectivity index (χ1) is 16.2. The second-order valence-electron chi connectivity index (χ2n) is 7.78. The van der Waals surface area contributed by atoms with Gasteiger partial charge in [-0.05, 0) is 12.3 Å². The topological polar surface area (TPSA) is 275 Å². The van der Waals surface area contributed by atoms with Crippen LogP contribution in [0.15, 0.2) is 0 Å². The molecule has 0 rings (SSSR count). The van der Waals surface area contributed by atoms with Gasteiger partial charge in [0.2, 0.25) is 23.6 Å². The Balaban J connectivity index is 5.41. The molecule has 0 aliphatic heterocycles. The van der Waals surface area contributed by atoms with E-state index in [4.69, 9.17) is 21.1 Å². The summed E-state index contributed by atoms with van der Waals surface area (Å²) in [5.41, 5.74) is 5.41. The summed E-state index contributed by atoms with van der Waals surface area (Å²) in [7, 11) is 0. The van der Waals surface area contributed by atoms with Crippen molar-refractivity contribution in [2.75, 3.05) is 13.2 Å². The van der Waals surface area contributed by atoms with Gasteiger partial charge in [0.25, 0.3) is 0 Å². The molecule has 0 aromatic carbocycles. The fourth-order valence-electron chi connectivity index (χ4n) is 2.63. The molecular weight excluding hydrogens is 474 g/mol. The van der Waals surface area contributed by atoms with E-state index in [9.17, 15) is 38.7 Å². The Bertz CT molecular complexity index is 817. The number of nitrogens with one attached hydrogen (secondary N) is 4. The van der Waals surface area contributed by atoms with Crippen molar-refractivity contribution < 1.29 is 54.0 Å². The Labute approximate surface area is 199 Å². The first-order valence-electron chi connectivity index (χ1n) is 10.4. The lowest BCUT2D eigenvalue weighted by Gasteiger charge is -2.27. The summed E-state index contributed by atoms with van der Waals surface area (Å²) < 4.78 is 0. The van der Waals surface area contributed by atoms with Crippen molar-refractivity contribution in [3.05, 3.63) is 0 Å². The predicted molar refractivity (Wildman–Crippen MR) is 115 cm³/mol. The number of aliphatic hydroxyl groups is 1. The summed E-state index contributed by atoms with van der Waals surface area (Å²) in [6.07, 6.45) is -1.63. The second kappa shape index (κ2) is 15.2. The first-order valence-corrected chi connectivity index (χ1v) is 10.4. The molecule has 0 aliphatic rings. The first kappa shape index (κ1) is 31.2. The van der Waals surface area contributed by atoms with Crippen molar-refractivity contribution >= 4 is 41.5 Å². The van der Waals surface area contributed by atoms with Crippen LogP contribution in [0.4, 0.5) is 0 Å². The molecule has 0 spiro atoms. The van der Waals surface area contributed by atoms with Gasteiger partial charge in [-0.15, -0.1) is 0 Å². The number of amides is 4. The number of carboxylic acid groups (broad SMARTS) is 3. The summed E-state index contributed by atoms with van der Waals surface area (Å²) in [6, 6.07) is -5.84. The molecule has 10 N–H and O–H groups in total. The smallest absolute Gasteiger partial charge is 0.322 e. The number of aliphatic carboxylic acids is 3. The van der Waals surface area contributed by atoms with Crippen molar-refractivity contribution in [1.29, 1.82) is 0 Å². The molecule has 0 saturated heterocycles. The Morgan fingerprint density at radius 2 is 1.31 bits per heavy atom. The average molecular weight is 505 g/mol. The standard InChI is InChI=1S/C19H31N5O11/c1-8(2)15(24-18(34)11(7-25)23-16(32)9(20)5-13(28)29)19(35)22-10(3-4-12(26)27)17(33)21-6-14(30)31/h8-11,15,25H,3-7,20H2,1-2H3,(H,21,33)(H,22,35)(H,23,32)(H,24,34)(H,26,27)(H,28,29)(H,30,31)/t9-,10-,11-,15-/m0/s1. The van der Waals surface area contributed by atoms with Gasteiger partial charge in [-0.1, -0.05) is 13.8 Å². The van der Waals surface area contributed by atoms with E-state index in [-0.39, 0.29) is 6.42 Å². The molecule has 35 heavy (non-hydrogen) atoms. The second-order valence-corrected chi connectivity index (χ2v) is 7.78. The SMILES string of the molecule is CC(C)[C@H](NC(=O)[C@H](CO)NC(=O)[C@@H](N)CC(=O)O)C(=O)N[C@@H](CCC(=O)O)C(=O)NCC(=O)O. The largest absolute Gasteiger partial charge is 0.481 e. The van der Waals surface area contributed by atoms with Gasteiger partial charge in [0.05, 0.1) is 19.1 Å². The van der Waals surface area contributed by atoms with Gasteiger partial charge in [-0.3, -0.25) is 33.6 Å². The molecule has 0 aromatic rings. The van der Waals surface area contributed by atoms with Crippen LogP contribution in [0.5, 0.6) is 0 Å². The van der Waals surface area contributed by atoms with Crippen LogP contribution < -0.4 is 27.0 Å². The van der Waals surface area contributed by atoms with E-state index in [0.717, 1.165) is 0 Å². The minimum Gasteiger partial charge on any atom is -0.481 e. The lowest BCUT2D eigenvalue weighted by Crippen LogP contribution is -2.60. The number of carboxylic acids is 3. The van der Waals surface area contributed by atoms with E-state index < -0.39 is 97.6 Å². The van der Waals surface area contributed by atoms with Gasteiger partial charge < -0.3 is 47.4 Å². The van der Waals surface area contributed by atoms with Crippen molar-refractivity contribution in [3.8, 4) is 0 Å². The molecule has 16 nitrogen and oxygen atoms in total. The lowest BCUT2D eigenvalue weighted by atomic mass is 10.0. The molecule has 0 fully saturated rings. The molecule has 0 heterocycles. The van der Waals surface area contributed by atoms with Crippen LogP contribution in [0.3, 0.4) is 0 Å². The molecule has 16 heteroatoms. The number of carbonyl (C=O) groups is 7. The van der Waals surface area contributed by atoms with Crippen LogP contribution in [0.25, 0.3) is 0 Å². The minimum absolute atomic E-state index is 0.373. The molecule has 0 aliphatic carbocycles. The third kappa shape index (κ3) is 12.3. The minimum atomic E-state index is -1.59. The fourth-order valence-corrected chi connectivity index (χ4v) is 2.63. The zero-order valence-corrected chi connectivity index (χ0v) is 19.1. The zero-order chi connectivity index (χ0) is 27.3. The zero-order valence-electron chi connectivity index (χ0n) is 19.1. The van der Waals surface area contributed by atoms with Gasteiger partial charge in [0.1, 0.15) is 24.7 Å². The van der Waals surface area contributed by atoms with Crippen molar-refractivity contribution in [3.63, 3.8) is 0 Å². The van der Waals surface area contributed by atoms with Crippen molar-refractivity contribution in [2.45, 2.75) is 57.3 Å². The third-order valence-corrected chi connectivity index (χ3v) is 4.49. The molecule has 0 saturated carbocycles. The van der Waals surface area contributed by atoms with E-state index in [1.54, 1.807) is 0 Å². The van der Waals surface area contributed by atoms with Crippen LogP contribution >= 0.6 is 0 Å². The maximum atomic E-state index is 12.8. The van der Waals surface area contributed by atoms with Crippen molar-refractivity contribution in [1.82, 2.24) is 21.3 Å². The average Bonchev–Trinajstić information content (AvgIpc) is 2.75. The highest BCUT2D eigenvalue weighted by Crippen LogP contribution is 2.06. The van der Waals surface area contributed by atoms with Crippen LogP contribution in [-0.2, 0) is 33.6 Å². The van der Waals surface area contributed by atoms with Crippen LogP contribution in [0, 0.1) is 5.92 Å². The Kier molecular flexibility index (Phi) is 13.5. The summed E-state index contributed by atoms with van der Waals surface area (Å²) in [5.74, 6) is -8.51. The number of hydrogen-bond acceptors (Lipinski definition) is 9. The van der Waals surface area contributed by atoms with Gasteiger partial charge in [-0.2, -0.15) is 0 Å². The van der Waals surface area contributed by atoms with Gasteiger partial charge >= 0.3 is 17.9 Å². The van der Waals surface area contributed by atoms with Crippen LogP contribution in [-0.4, -0.2) is 99.3 Å². The number of nitrogens with two attached hydrogens (primary N) is 1. The van der Waals surface area contributed by atoms with Gasteiger partial charge in [0.15, 0.2) is 0 Å². The Hall–Kier alpha value is -3.79. The maximum Gasteiger partial charge on any atom is 0.322 e. The highest BCUT2D eigenvalue weighted by atomic mass is 16.4. The van der Waals surface area contributed by atoms with Crippen molar-refractivity contribution in [2.24, 2.45) is 11.7 Å². The lowest BCUT2D eigenvalue weighted by molar-refractivity contribution is -0.140. The molecule has 4 atom stereocenters. The Morgan fingerprint density at radius 3 is 1.77 bits per heavy atom. The van der Waals surface area contributed by atoms with Crippen LogP contribution in [0.1, 0.15) is 33.1 Å². The third-order valence-electron chi connectivity index (χ3n) is 4.49. The van der Waals surface area contributed by atoms with E-state index in [2.05, 4.69) is 16.0 Å². The number of rotatable bonds is 16. The summed E-state index contributed by atoms with van der Waals surface area (Å²) in [4.78, 5) is 81.7. The molecular formula is C19H31N5O11. The number of hydrogen-bond donors (Lipinski definition) is 9. The highest BCUT2D eigenvalue weighted by Gasteiger charge is 2.32. The fraction of sp³-hybridized carbons (Fsp3) is 0.632. The number of aliphatic hydroxyl groups excluding tert-OH is 1. The molecule has 0 unspecified atom stereocenters. The molecule has 0 radical (unpaired) electrons. The predicted octanol–water partition coefficient (Wildman–Crippen LogP) is -4.04. The summed E-state index contributed by atoms with van der Waals surface area (Å²) >= 11 is 0. The number of carbonyl (C=O) groups excluding carboxylic acids is 4. The molecule has 198 valence electrons. The quantitative estimate of drug-likeness (QED) is 0.0969. The normalized spacial score (nSPS) is 14.1. The van der Waals surface area contributed by atoms with E-state index in [0.29, 0.717) is 0 Å². The van der Waals surface area contributed by atoms with E-state index in [1.807, 2.05) is 5.32 Å². The maximum absolute atomic E-state index is 12.8.